The molecule has 1 aliphatic rings. The quantitative estimate of drug-likeness (QED) is 0.751. The number of hydrogen-bond donors (Lipinski definition) is 0. The Morgan fingerprint density at radius 3 is 2.45 bits per heavy atom. The van der Waals surface area contributed by atoms with Crippen LogP contribution in [0.4, 0.5) is 0 Å². The molecular formula is C23H29N3O3. The van der Waals surface area contributed by atoms with Crippen molar-refractivity contribution in [3.8, 4) is 5.75 Å². The summed E-state index contributed by atoms with van der Waals surface area (Å²) >= 11 is 0. The highest BCUT2D eigenvalue weighted by Gasteiger charge is 2.29. The maximum Gasteiger partial charge on any atom is 0.260 e. The van der Waals surface area contributed by atoms with Gasteiger partial charge in [0, 0.05) is 43.6 Å². The van der Waals surface area contributed by atoms with E-state index in [9.17, 15) is 9.59 Å². The van der Waals surface area contributed by atoms with E-state index >= 15 is 0 Å². The number of carbonyl (C=O) groups excluding carboxylic acids is 2. The average molecular weight is 396 g/mol. The molecule has 2 heterocycles. The number of aromatic nitrogens is 1. The third-order valence-corrected chi connectivity index (χ3v) is 5.43. The van der Waals surface area contributed by atoms with Crippen molar-refractivity contribution >= 4 is 11.8 Å². The fraction of sp³-hybridized carbons (Fsp3) is 0.435. The molecule has 1 aliphatic heterocycles. The lowest BCUT2D eigenvalue weighted by Crippen LogP contribution is -2.49. The first kappa shape index (κ1) is 20.8. The van der Waals surface area contributed by atoms with E-state index < -0.39 is 0 Å². The number of amides is 2. The van der Waals surface area contributed by atoms with Gasteiger partial charge in [-0.1, -0.05) is 6.07 Å². The van der Waals surface area contributed by atoms with Crippen molar-refractivity contribution in [3.63, 3.8) is 0 Å². The van der Waals surface area contributed by atoms with E-state index in [0.29, 0.717) is 17.9 Å². The van der Waals surface area contributed by atoms with Gasteiger partial charge >= 0.3 is 0 Å². The molecule has 2 atom stereocenters. The van der Waals surface area contributed by atoms with Crippen molar-refractivity contribution in [1.82, 2.24) is 14.8 Å². The van der Waals surface area contributed by atoms with E-state index in [1.165, 1.54) is 0 Å². The number of ether oxygens (including phenoxy) is 1. The number of hydrogen-bond acceptors (Lipinski definition) is 4. The van der Waals surface area contributed by atoms with Gasteiger partial charge in [0.15, 0.2) is 6.61 Å². The van der Waals surface area contributed by atoms with E-state index in [4.69, 9.17) is 4.74 Å². The van der Waals surface area contributed by atoms with Crippen LogP contribution in [-0.4, -0.2) is 52.3 Å². The molecule has 1 saturated heterocycles. The Hall–Kier alpha value is -2.89. The van der Waals surface area contributed by atoms with Crippen LogP contribution in [0.2, 0.25) is 0 Å². The third kappa shape index (κ3) is 5.34. The van der Waals surface area contributed by atoms with Gasteiger partial charge < -0.3 is 14.5 Å². The Labute approximate surface area is 172 Å². The minimum Gasteiger partial charge on any atom is -0.484 e. The highest BCUT2D eigenvalue weighted by Crippen LogP contribution is 2.23. The molecule has 3 rings (SSSR count). The predicted molar refractivity (Wildman–Crippen MR) is 112 cm³/mol. The molecule has 0 spiro atoms. The summed E-state index contributed by atoms with van der Waals surface area (Å²) in [7, 11) is 1.76. The Morgan fingerprint density at radius 2 is 1.83 bits per heavy atom. The van der Waals surface area contributed by atoms with Gasteiger partial charge in [-0.2, -0.15) is 0 Å². The second-order valence-electron chi connectivity index (χ2n) is 7.77. The van der Waals surface area contributed by atoms with Gasteiger partial charge in [-0.3, -0.25) is 14.6 Å². The number of benzene rings is 1. The smallest absolute Gasteiger partial charge is 0.260 e. The molecule has 29 heavy (non-hydrogen) atoms. The average Bonchev–Trinajstić information content (AvgIpc) is 2.72. The summed E-state index contributed by atoms with van der Waals surface area (Å²) in [5.74, 6) is 0.524. The first-order chi connectivity index (χ1) is 14.0. The zero-order valence-electron chi connectivity index (χ0n) is 17.4. The molecule has 154 valence electrons. The Morgan fingerprint density at radius 1 is 1.14 bits per heavy atom. The van der Waals surface area contributed by atoms with E-state index in [2.05, 4.69) is 18.8 Å². The number of nitrogens with zero attached hydrogens (tertiary/aromatic N) is 3. The van der Waals surface area contributed by atoms with Crippen molar-refractivity contribution in [2.45, 2.75) is 51.7 Å². The predicted octanol–water partition coefficient (Wildman–Crippen LogP) is 3.52. The molecule has 0 bridgehead atoms. The summed E-state index contributed by atoms with van der Waals surface area (Å²) < 4.78 is 5.68. The minimum atomic E-state index is -0.0764. The van der Waals surface area contributed by atoms with Crippen LogP contribution in [0.3, 0.4) is 0 Å². The highest BCUT2D eigenvalue weighted by atomic mass is 16.5. The van der Waals surface area contributed by atoms with Gasteiger partial charge in [0.1, 0.15) is 5.75 Å². The zero-order chi connectivity index (χ0) is 20.8. The SMILES string of the molecule is CC1CCCC(C)N1C(=O)COc1ccc(C(=O)N(C)Cc2cccnc2)cc1. The molecule has 1 aromatic carbocycles. The minimum absolute atomic E-state index is 0.0149. The summed E-state index contributed by atoms with van der Waals surface area (Å²) in [6.07, 6.45) is 6.71. The third-order valence-electron chi connectivity index (χ3n) is 5.43. The molecule has 6 nitrogen and oxygen atoms in total. The molecule has 2 unspecified atom stereocenters. The van der Waals surface area contributed by atoms with E-state index in [1.807, 2.05) is 17.0 Å². The van der Waals surface area contributed by atoms with Crippen LogP contribution >= 0.6 is 0 Å². The molecule has 0 saturated carbocycles. The van der Waals surface area contributed by atoms with Gasteiger partial charge in [-0.05, 0) is 69.0 Å². The van der Waals surface area contributed by atoms with E-state index in [-0.39, 0.29) is 30.5 Å². The van der Waals surface area contributed by atoms with Crippen molar-refractivity contribution in [2.24, 2.45) is 0 Å². The topological polar surface area (TPSA) is 62.7 Å². The van der Waals surface area contributed by atoms with Gasteiger partial charge in [0.05, 0.1) is 0 Å². The van der Waals surface area contributed by atoms with Crippen LogP contribution in [-0.2, 0) is 11.3 Å². The molecule has 2 aromatic rings. The zero-order valence-corrected chi connectivity index (χ0v) is 17.4. The Balaban J connectivity index is 1.54. The summed E-state index contributed by atoms with van der Waals surface area (Å²) in [5, 5.41) is 0. The molecule has 1 aromatic heterocycles. The number of piperidine rings is 1. The second kappa shape index (κ2) is 9.54. The van der Waals surface area contributed by atoms with Crippen LogP contribution < -0.4 is 4.74 Å². The molecule has 0 aliphatic carbocycles. The first-order valence-corrected chi connectivity index (χ1v) is 10.1. The number of likely N-dealkylation sites (tertiary alicyclic amines) is 1. The highest BCUT2D eigenvalue weighted by molar-refractivity contribution is 5.94. The summed E-state index contributed by atoms with van der Waals surface area (Å²) in [6, 6.07) is 11.2. The summed E-state index contributed by atoms with van der Waals surface area (Å²) in [4.78, 5) is 32.8. The lowest BCUT2D eigenvalue weighted by molar-refractivity contribution is -0.139. The van der Waals surface area contributed by atoms with Crippen LogP contribution in [0.5, 0.6) is 5.75 Å². The number of pyridine rings is 1. The maximum atomic E-state index is 12.6. The normalized spacial score (nSPS) is 18.9. The number of rotatable bonds is 6. The lowest BCUT2D eigenvalue weighted by atomic mass is 9.97. The molecular weight excluding hydrogens is 366 g/mol. The van der Waals surface area contributed by atoms with Gasteiger partial charge in [-0.25, -0.2) is 0 Å². The monoisotopic (exact) mass is 395 g/mol. The van der Waals surface area contributed by atoms with Gasteiger partial charge in [0.2, 0.25) is 0 Å². The summed E-state index contributed by atoms with van der Waals surface area (Å²) in [5.41, 5.74) is 1.55. The lowest BCUT2D eigenvalue weighted by Gasteiger charge is -2.38. The van der Waals surface area contributed by atoms with Crippen LogP contribution in [0, 0.1) is 0 Å². The van der Waals surface area contributed by atoms with Crippen molar-refractivity contribution in [3.05, 3.63) is 59.9 Å². The fourth-order valence-electron chi connectivity index (χ4n) is 3.88. The van der Waals surface area contributed by atoms with E-state index in [1.54, 1.807) is 48.6 Å². The maximum absolute atomic E-state index is 12.6. The largest absolute Gasteiger partial charge is 0.484 e. The van der Waals surface area contributed by atoms with Crippen LogP contribution in [0.15, 0.2) is 48.8 Å². The number of carbonyl (C=O) groups is 2. The summed E-state index contributed by atoms with van der Waals surface area (Å²) in [6.45, 7) is 4.69. The standard InChI is InChI=1S/C23H29N3O3/c1-17-6-4-7-18(2)26(17)22(27)16-29-21-11-9-20(10-12-21)23(28)25(3)15-19-8-5-13-24-14-19/h5,8-14,17-18H,4,6-7,15-16H2,1-3H3. The molecule has 1 fully saturated rings. The Bertz CT molecular complexity index is 813. The fourth-order valence-corrected chi connectivity index (χ4v) is 3.88. The first-order valence-electron chi connectivity index (χ1n) is 10.1. The molecule has 2 amide bonds. The second-order valence-corrected chi connectivity index (χ2v) is 7.77. The van der Waals surface area contributed by atoms with Crippen LogP contribution in [0.1, 0.15) is 49.0 Å². The molecule has 6 heteroatoms. The van der Waals surface area contributed by atoms with Crippen molar-refractivity contribution < 1.29 is 14.3 Å². The Kier molecular flexibility index (Phi) is 6.86. The van der Waals surface area contributed by atoms with E-state index in [0.717, 1.165) is 24.8 Å². The molecule has 0 N–H and O–H groups in total. The van der Waals surface area contributed by atoms with Crippen molar-refractivity contribution in [1.29, 1.82) is 0 Å². The van der Waals surface area contributed by atoms with Gasteiger partial charge in [0.25, 0.3) is 11.8 Å². The van der Waals surface area contributed by atoms with Crippen LogP contribution in [0.25, 0.3) is 0 Å². The molecule has 0 radical (unpaired) electrons. The van der Waals surface area contributed by atoms with Gasteiger partial charge in [-0.15, -0.1) is 0 Å². The van der Waals surface area contributed by atoms with Crippen molar-refractivity contribution in [2.75, 3.05) is 13.7 Å².